The third-order valence-electron chi connectivity index (χ3n) is 2.73. The predicted molar refractivity (Wildman–Crippen MR) is 67.0 cm³/mol. The summed E-state index contributed by atoms with van der Waals surface area (Å²) < 4.78 is 38.9. The Labute approximate surface area is 109 Å². The van der Waals surface area contributed by atoms with E-state index in [1.54, 1.807) is 0 Å². The Kier molecular flexibility index (Phi) is 3.85. The van der Waals surface area contributed by atoms with Crippen LogP contribution in [0, 0.1) is 11.7 Å². The maximum atomic E-state index is 12.7. The average Bonchev–Trinajstić information content (AvgIpc) is 3.10. The number of benzene rings is 1. The quantitative estimate of drug-likeness (QED) is 0.846. The van der Waals surface area contributed by atoms with Crippen molar-refractivity contribution in [1.82, 2.24) is 4.72 Å². The number of hydrogen-bond donors (Lipinski definition) is 1. The molecule has 0 aliphatic heterocycles. The maximum absolute atomic E-state index is 12.7. The van der Waals surface area contributed by atoms with Gasteiger partial charge in [-0.1, -0.05) is 15.9 Å². The zero-order chi connectivity index (χ0) is 12.5. The SMILES string of the molecule is O=S(=O)(NCC(Br)C1CC1)c1ccc(F)cc1. The van der Waals surface area contributed by atoms with Gasteiger partial charge in [0.1, 0.15) is 5.82 Å². The van der Waals surface area contributed by atoms with Crippen LogP contribution < -0.4 is 4.72 Å². The van der Waals surface area contributed by atoms with Crippen LogP contribution in [0.2, 0.25) is 0 Å². The summed E-state index contributed by atoms with van der Waals surface area (Å²) in [6.07, 6.45) is 2.29. The molecular weight excluding hydrogens is 309 g/mol. The van der Waals surface area contributed by atoms with Crippen LogP contribution in [0.25, 0.3) is 0 Å². The molecule has 1 aliphatic carbocycles. The summed E-state index contributed by atoms with van der Waals surface area (Å²) in [7, 11) is -3.52. The van der Waals surface area contributed by atoms with Crippen LogP contribution in [0.3, 0.4) is 0 Å². The molecule has 2 rings (SSSR count). The second kappa shape index (κ2) is 5.04. The van der Waals surface area contributed by atoms with Crippen LogP contribution in [0.5, 0.6) is 0 Å². The van der Waals surface area contributed by atoms with E-state index in [0.717, 1.165) is 25.0 Å². The van der Waals surface area contributed by atoms with Crippen molar-refractivity contribution in [2.75, 3.05) is 6.54 Å². The van der Waals surface area contributed by atoms with E-state index in [9.17, 15) is 12.8 Å². The van der Waals surface area contributed by atoms with Gasteiger partial charge in [0.25, 0.3) is 0 Å². The molecule has 1 atom stereocenters. The summed E-state index contributed by atoms with van der Waals surface area (Å²) in [5.74, 6) is 0.131. The first kappa shape index (κ1) is 13.0. The average molecular weight is 322 g/mol. The number of sulfonamides is 1. The molecule has 94 valence electrons. The van der Waals surface area contributed by atoms with E-state index in [0.29, 0.717) is 12.5 Å². The van der Waals surface area contributed by atoms with E-state index in [1.165, 1.54) is 12.1 Å². The number of alkyl halides is 1. The molecule has 0 heterocycles. The second-order valence-electron chi connectivity index (χ2n) is 4.16. The first-order valence-electron chi connectivity index (χ1n) is 5.38. The second-order valence-corrected chi connectivity index (χ2v) is 7.10. The van der Waals surface area contributed by atoms with E-state index >= 15 is 0 Å². The minimum atomic E-state index is -3.52. The third-order valence-corrected chi connectivity index (χ3v) is 5.24. The number of halogens is 2. The fourth-order valence-corrected chi connectivity index (χ4v) is 3.48. The molecule has 0 spiro atoms. The zero-order valence-electron chi connectivity index (χ0n) is 9.07. The van der Waals surface area contributed by atoms with E-state index in [-0.39, 0.29) is 9.72 Å². The molecule has 6 heteroatoms. The summed E-state index contributed by atoms with van der Waals surface area (Å²) in [5.41, 5.74) is 0. The molecule has 1 aliphatic rings. The Balaban J connectivity index is 2.00. The highest BCUT2D eigenvalue weighted by Crippen LogP contribution is 2.36. The van der Waals surface area contributed by atoms with Gasteiger partial charge < -0.3 is 0 Å². The number of nitrogens with one attached hydrogen (secondary N) is 1. The molecule has 0 saturated heterocycles. The summed E-state index contributed by atoms with van der Waals surface area (Å²) in [5, 5.41) is 0. The molecule has 1 aromatic carbocycles. The van der Waals surface area contributed by atoms with Crippen molar-refractivity contribution in [2.45, 2.75) is 22.6 Å². The van der Waals surface area contributed by atoms with Crippen molar-refractivity contribution in [3.8, 4) is 0 Å². The number of hydrogen-bond acceptors (Lipinski definition) is 2. The van der Waals surface area contributed by atoms with Crippen LogP contribution in [0.1, 0.15) is 12.8 Å². The standard InChI is InChI=1S/C11H13BrFNO2S/c12-11(8-1-2-8)7-14-17(15,16)10-5-3-9(13)4-6-10/h3-6,8,11,14H,1-2,7H2. The van der Waals surface area contributed by atoms with Crippen molar-refractivity contribution in [3.63, 3.8) is 0 Å². The van der Waals surface area contributed by atoms with Gasteiger partial charge >= 0.3 is 0 Å². The van der Waals surface area contributed by atoms with Gasteiger partial charge in [-0.2, -0.15) is 0 Å². The smallest absolute Gasteiger partial charge is 0.210 e. The highest BCUT2D eigenvalue weighted by atomic mass is 79.9. The van der Waals surface area contributed by atoms with Gasteiger partial charge in [-0.25, -0.2) is 17.5 Å². The van der Waals surface area contributed by atoms with E-state index in [2.05, 4.69) is 20.7 Å². The van der Waals surface area contributed by atoms with Crippen LogP contribution >= 0.6 is 15.9 Å². The van der Waals surface area contributed by atoms with Gasteiger partial charge in [0.05, 0.1) is 4.90 Å². The lowest BCUT2D eigenvalue weighted by Crippen LogP contribution is -2.30. The maximum Gasteiger partial charge on any atom is 0.240 e. The first-order chi connectivity index (χ1) is 7.99. The van der Waals surface area contributed by atoms with Crippen LogP contribution in [0.15, 0.2) is 29.2 Å². The van der Waals surface area contributed by atoms with Crippen LogP contribution in [-0.2, 0) is 10.0 Å². The molecule has 1 unspecified atom stereocenters. The van der Waals surface area contributed by atoms with Crippen molar-refractivity contribution in [1.29, 1.82) is 0 Å². The van der Waals surface area contributed by atoms with Gasteiger partial charge in [-0.15, -0.1) is 0 Å². The first-order valence-corrected chi connectivity index (χ1v) is 7.78. The fourth-order valence-electron chi connectivity index (χ4n) is 1.51. The summed E-state index contributed by atoms with van der Waals surface area (Å²) >= 11 is 3.45. The van der Waals surface area contributed by atoms with E-state index in [4.69, 9.17) is 0 Å². The number of rotatable bonds is 5. The monoisotopic (exact) mass is 321 g/mol. The minimum absolute atomic E-state index is 0.0920. The summed E-state index contributed by atoms with van der Waals surface area (Å²) in [6.45, 7) is 0.365. The van der Waals surface area contributed by atoms with Gasteiger partial charge in [-0.3, -0.25) is 0 Å². The Morgan fingerprint density at radius 3 is 2.47 bits per heavy atom. The largest absolute Gasteiger partial charge is 0.240 e. The minimum Gasteiger partial charge on any atom is -0.210 e. The Morgan fingerprint density at radius 2 is 1.94 bits per heavy atom. The third kappa shape index (κ3) is 3.50. The summed E-state index contributed by atoms with van der Waals surface area (Å²) in [6, 6.07) is 4.80. The van der Waals surface area contributed by atoms with Crippen molar-refractivity contribution in [3.05, 3.63) is 30.1 Å². The highest BCUT2D eigenvalue weighted by Gasteiger charge is 2.30. The Morgan fingerprint density at radius 1 is 1.35 bits per heavy atom. The molecule has 1 aromatic rings. The Hall–Kier alpha value is -0.460. The lowest BCUT2D eigenvalue weighted by atomic mass is 10.3. The van der Waals surface area contributed by atoms with Gasteiger partial charge in [0, 0.05) is 11.4 Å². The van der Waals surface area contributed by atoms with E-state index in [1.807, 2.05) is 0 Å². The predicted octanol–water partition coefficient (Wildman–Crippen LogP) is 2.28. The lowest BCUT2D eigenvalue weighted by Gasteiger charge is -2.10. The van der Waals surface area contributed by atoms with Gasteiger partial charge in [-0.05, 0) is 43.0 Å². The molecule has 1 N–H and O–H groups in total. The van der Waals surface area contributed by atoms with Crippen molar-refractivity contribution < 1.29 is 12.8 Å². The van der Waals surface area contributed by atoms with Crippen LogP contribution in [0.4, 0.5) is 4.39 Å². The molecule has 1 fully saturated rings. The molecule has 0 radical (unpaired) electrons. The topological polar surface area (TPSA) is 46.2 Å². The molecule has 0 amide bonds. The van der Waals surface area contributed by atoms with Gasteiger partial charge in [0.15, 0.2) is 0 Å². The lowest BCUT2D eigenvalue weighted by molar-refractivity contribution is 0.577. The van der Waals surface area contributed by atoms with Crippen molar-refractivity contribution in [2.24, 2.45) is 5.92 Å². The molecule has 0 bridgehead atoms. The van der Waals surface area contributed by atoms with E-state index < -0.39 is 15.8 Å². The zero-order valence-corrected chi connectivity index (χ0v) is 11.5. The Bertz CT molecular complexity index is 485. The molecule has 0 aromatic heterocycles. The molecule has 1 saturated carbocycles. The highest BCUT2D eigenvalue weighted by molar-refractivity contribution is 9.09. The summed E-state index contributed by atoms with van der Waals surface area (Å²) in [4.78, 5) is 0.270. The molecule has 3 nitrogen and oxygen atoms in total. The molecule has 17 heavy (non-hydrogen) atoms. The van der Waals surface area contributed by atoms with Gasteiger partial charge in [0.2, 0.25) is 10.0 Å². The van der Waals surface area contributed by atoms with Crippen molar-refractivity contribution >= 4 is 26.0 Å². The molecular formula is C11H13BrFNO2S. The fraction of sp³-hybridized carbons (Fsp3) is 0.455. The van der Waals surface area contributed by atoms with Crippen LogP contribution in [-0.4, -0.2) is 19.8 Å². The normalized spacial score (nSPS) is 18.0.